The Bertz CT molecular complexity index is 858. The molecular formula is C22H29N3O5. The number of hydrogen-bond donors (Lipinski definition) is 2. The third-order valence-electron chi connectivity index (χ3n) is 6.03. The van der Waals surface area contributed by atoms with Crippen LogP contribution in [-0.4, -0.2) is 47.4 Å². The van der Waals surface area contributed by atoms with E-state index in [0.717, 1.165) is 35.3 Å². The Morgan fingerprint density at radius 1 is 1.27 bits per heavy atom. The fourth-order valence-electron chi connectivity index (χ4n) is 4.11. The van der Waals surface area contributed by atoms with Crippen molar-refractivity contribution in [3.8, 4) is 0 Å². The molecule has 1 aliphatic heterocycles. The molecule has 3 rings (SSSR count). The zero-order valence-corrected chi connectivity index (χ0v) is 17.7. The van der Waals surface area contributed by atoms with Crippen molar-refractivity contribution < 1.29 is 23.9 Å². The van der Waals surface area contributed by atoms with Crippen molar-refractivity contribution in [2.24, 2.45) is 5.92 Å². The lowest BCUT2D eigenvalue weighted by Gasteiger charge is -2.33. The molecule has 1 aliphatic carbocycles. The molecule has 1 saturated carbocycles. The van der Waals surface area contributed by atoms with Crippen LogP contribution in [0.15, 0.2) is 18.2 Å². The quantitative estimate of drug-likeness (QED) is 0.549. The van der Waals surface area contributed by atoms with Crippen LogP contribution in [-0.2, 0) is 25.5 Å². The summed E-state index contributed by atoms with van der Waals surface area (Å²) < 4.78 is 5.02. The molecule has 30 heavy (non-hydrogen) atoms. The lowest BCUT2D eigenvalue weighted by atomic mass is 9.77. The second-order valence-electron chi connectivity index (χ2n) is 8.26. The molecule has 0 atom stereocenters. The number of imide groups is 1. The van der Waals surface area contributed by atoms with Crippen molar-refractivity contribution in [2.75, 3.05) is 18.5 Å². The SMILES string of the molecule is CCc1cccc(C)c1NC(=O)COC(=O)CN1C(=O)NC2(CCC(C)CC2)C1=O. The molecule has 2 aliphatic rings. The van der Waals surface area contributed by atoms with Gasteiger partial charge in [0, 0.05) is 5.69 Å². The van der Waals surface area contributed by atoms with Gasteiger partial charge in [-0.1, -0.05) is 32.0 Å². The number of esters is 1. The van der Waals surface area contributed by atoms with Crippen LogP contribution in [0.4, 0.5) is 10.5 Å². The molecule has 0 aromatic heterocycles. The van der Waals surface area contributed by atoms with E-state index in [0.29, 0.717) is 24.4 Å². The smallest absolute Gasteiger partial charge is 0.326 e. The second kappa shape index (κ2) is 8.85. The highest BCUT2D eigenvalue weighted by atomic mass is 16.5. The first-order valence-corrected chi connectivity index (χ1v) is 10.4. The van der Waals surface area contributed by atoms with E-state index in [-0.39, 0.29) is 5.91 Å². The number of carbonyl (C=O) groups is 4. The Morgan fingerprint density at radius 2 is 1.97 bits per heavy atom. The first kappa shape index (κ1) is 21.8. The molecule has 162 valence electrons. The molecule has 8 heteroatoms. The van der Waals surface area contributed by atoms with Crippen LogP contribution in [0, 0.1) is 12.8 Å². The fourth-order valence-corrected chi connectivity index (χ4v) is 4.11. The van der Waals surface area contributed by atoms with Crippen molar-refractivity contribution in [3.63, 3.8) is 0 Å². The van der Waals surface area contributed by atoms with Crippen molar-refractivity contribution in [2.45, 2.75) is 58.4 Å². The number of amides is 4. The van der Waals surface area contributed by atoms with Crippen molar-refractivity contribution in [1.29, 1.82) is 0 Å². The monoisotopic (exact) mass is 415 g/mol. The predicted molar refractivity (Wildman–Crippen MR) is 111 cm³/mol. The topological polar surface area (TPSA) is 105 Å². The van der Waals surface area contributed by atoms with Gasteiger partial charge in [-0.25, -0.2) is 4.79 Å². The van der Waals surface area contributed by atoms with Gasteiger partial charge in [-0.05, 0) is 56.1 Å². The van der Waals surface area contributed by atoms with Crippen LogP contribution >= 0.6 is 0 Å². The first-order valence-electron chi connectivity index (χ1n) is 10.4. The third-order valence-corrected chi connectivity index (χ3v) is 6.03. The predicted octanol–water partition coefficient (Wildman–Crippen LogP) is 2.54. The summed E-state index contributed by atoms with van der Waals surface area (Å²) in [5.41, 5.74) is 1.72. The number of nitrogens with zero attached hydrogens (tertiary/aromatic N) is 1. The third kappa shape index (κ3) is 4.47. The first-order chi connectivity index (χ1) is 14.3. The Hall–Kier alpha value is -2.90. The highest BCUT2D eigenvalue weighted by Gasteiger charge is 2.52. The van der Waals surface area contributed by atoms with Crippen LogP contribution in [0.25, 0.3) is 0 Å². The highest BCUT2D eigenvalue weighted by molar-refractivity contribution is 6.08. The van der Waals surface area contributed by atoms with Crippen LogP contribution in [0.3, 0.4) is 0 Å². The molecule has 8 nitrogen and oxygen atoms in total. The zero-order chi connectivity index (χ0) is 21.9. The van der Waals surface area contributed by atoms with Gasteiger partial charge in [0.25, 0.3) is 11.8 Å². The van der Waals surface area contributed by atoms with Crippen molar-refractivity contribution >= 4 is 29.5 Å². The summed E-state index contributed by atoms with van der Waals surface area (Å²) in [6, 6.07) is 5.15. The normalized spacial score (nSPS) is 23.4. The Balaban J connectivity index is 1.53. The van der Waals surface area contributed by atoms with E-state index in [1.807, 2.05) is 32.0 Å². The molecule has 1 aromatic rings. The summed E-state index contributed by atoms with van der Waals surface area (Å²) in [5.74, 6) is -1.13. The molecule has 1 spiro atoms. The minimum Gasteiger partial charge on any atom is -0.454 e. The summed E-state index contributed by atoms with van der Waals surface area (Å²) in [6.07, 6.45) is 3.60. The Kier molecular flexibility index (Phi) is 6.43. The van der Waals surface area contributed by atoms with Gasteiger partial charge >= 0.3 is 12.0 Å². The van der Waals surface area contributed by atoms with Crippen LogP contribution in [0.1, 0.15) is 50.7 Å². The van der Waals surface area contributed by atoms with E-state index >= 15 is 0 Å². The average Bonchev–Trinajstić information content (AvgIpc) is 2.94. The highest BCUT2D eigenvalue weighted by Crippen LogP contribution is 2.36. The summed E-state index contributed by atoms with van der Waals surface area (Å²) >= 11 is 0. The van der Waals surface area contributed by atoms with E-state index in [1.54, 1.807) is 0 Å². The number of carbonyl (C=O) groups excluding carboxylic acids is 4. The van der Waals surface area contributed by atoms with Gasteiger partial charge in [-0.3, -0.25) is 19.3 Å². The van der Waals surface area contributed by atoms with Gasteiger partial charge in [0.15, 0.2) is 6.61 Å². The van der Waals surface area contributed by atoms with Gasteiger partial charge in [-0.2, -0.15) is 0 Å². The van der Waals surface area contributed by atoms with Crippen molar-refractivity contribution in [1.82, 2.24) is 10.2 Å². The lowest BCUT2D eigenvalue weighted by molar-refractivity contribution is -0.150. The van der Waals surface area contributed by atoms with E-state index < -0.39 is 36.6 Å². The van der Waals surface area contributed by atoms with Gasteiger partial charge < -0.3 is 15.4 Å². The second-order valence-corrected chi connectivity index (χ2v) is 8.26. The molecule has 2 fully saturated rings. The zero-order valence-electron chi connectivity index (χ0n) is 17.7. The number of para-hydroxylation sites is 1. The van der Waals surface area contributed by atoms with Crippen molar-refractivity contribution in [3.05, 3.63) is 29.3 Å². The molecule has 0 bridgehead atoms. The molecule has 1 aromatic carbocycles. The standard InChI is InChI=1S/C22H29N3O5/c1-4-16-7-5-6-15(3)19(16)23-17(26)13-30-18(27)12-25-20(28)22(24-21(25)29)10-8-14(2)9-11-22/h5-7,14H,4,8-13H2,1-3H3,(H,23,26)(H,24,29). The minimum absolute atomic E-state index is 0.381. The number of benzene rings is 1. The van der Waals surface area contributed by atoms with Gasteiger partial charge in [0.2, 0.25) is 0 Å². The molecule has 1 heterocycles. The minimum atomic E-state index is -0.900. The van der Waals surface area contributed by atoms with E-state index in [9.17, 15) is 19.2 Å². The molecule has 0 unspecified atom stereocenters. The molecular weight excluding hydrogens is 386 g/mol. The number of nitrogens with one attached hydrogen (secondary N) is 2. The largest absolute Gasteiger partial charge is 0.454 e. The number of rotatable bonds is 6. The number of anilines is 1. The molecule has 0 radical (unpaired) electrons. The van der Waals surface area contributed by atoms with E-state index in [4.69, 9.17) is 4.74 Å². The number of urea groups is 1. The van der Waals surface area contributed by atoms with E-state index in [2.05, 4.69) is 17.6 Å². The average molecular weight is 415 g/mol. The lowest BCUT2D eigenvalue weighted by Crippen LogP contribution is -2.49. The maximum Gasteiger partial charge on any atom is 0.326 e. The number of aryl methyl sites for hydroxylation is 2. The number of ether oxygens (including phenoxy) is 1. The summed E-state index contributed by atoms with van der Waals surface area (Å²) in [4.78, 5) is 50.4. The summed E-state index contributed by atoms with van der Waals surface area (Å²) in [7, 11) is 0. The Morgan fingerprint density at radius 3 is 2.63 bits per heavy atom. The van der Waals surface area contributed by atoms with Gasteiger partial charge in [0.05, 0.1) is 0 Å². The maximum atomic E-state index is 12.8. The maximum absolute atomic E-state index is 12.8. The van der Waals surface area contributed by atoms with Crippen LogP contribution in [0.2, 0.25) is 0 Å². The molecule has 2 N–H and O–H groups in total. The molecule has 1 saturated heterocycles. The fraction of sp³-hybridized carbons (Fsp3) is 0.545. The summed E-state index contributed by atoms with van der Waals surface area (Å²) in [5, 5.41) is 5.53. The molecule has 4 amide bonds. The van der Waals surface area contributed by atoms with E-state index in [1.165, 1.54) is 0 Å². The summed E-state index contributed by atoms with van der Waals surface area (Å²) in [6.45, 7) is 5.01. The van der Waals surface area contributed by atoms with Gasteiger partial charge in [-0.15, -0.1) is 0 Å². The van der Waals surface area contributed by atoms with Crippen LogP contribution < -0.4 is 10.6 Å². The van der Waals surface area contributed by atoms with Crippen LogP contribution in [0.5, 0.6) is 0 Å². The Labute approximate surface area is 176 Å². The number of hydrogen-bond acceptors (Lipinski definition) is 5. The van der Waals surface area contributed by atoms with Gasteiger partial charge in [0.1, 0.15) is 12.1 Å².